The molecule has 7 nitrogen and oxygen atoms in total. The van der Waals surface area contributed by atoms with E-state index in [4.69, 9.17) is 11.6 Å². The van der Waals surface area contributed by atoms with Crippen LogP contribution in [0.2, 0.25) is 5.02 Å². The molecule has 0 radical (unpaired) electrons. The van der Waals surface area contributed by atoms with Crippen LogP contribution in [0.5, 0.6) is 0 Å². The molecule has 0 amide bonds. The highest BCUT2D eigenvalue weighted by Crippen LogP contribution is 2.22. The number of methoxy groups -OCH3 is 1. The molecule has 0 saturated heterocycles. The zero-order valence-electron chi connectivity index (χ0n) is 11.6. The Bertz CT molecular complexity index is 540. The number of rotatable bonds is 6. The van der Waals surface area contributed by atoms with Crippen LogP contribution in [0.3, 0.4) is 0 Å². The second kappa shape index (κ2) is 6.71. The third-order valence-corrected chi connectivity index (χ3v) is 3.42. The fourth-order valence-electron chi connectivity index (χ4n) is 1.42. The molecular formula is C12H18ClN3O4. The van der Waals surface area contributed by atoms with E-state index in [1.807, 2.05) is 6.92 Å². The number of carbonyl (C=O) groups is 1. The molecule has 0 aliphatic carbocycles. The van der Waals surface area contributed by atoms with Gasteiger partial charge < -0.3 is 15.2 Å². The first-order valence-electron chi connectivity index (χ1n) is 6.08. The number of hydrogen-bond donors (Lipinski definition) is 2. The van der Waals surface area contributed by atoms with Crippen LogP contribution < -0.4 is 10.9 Å². The summed E-state index contributed by atoms with van der Waals surface area (Å²) in [4.78, 5) is 23.1. The molecule has 0 fully saturated rings. The number of halogens is 1. The van der Waals surface area contributed by atoms with Crippen LogP contribution in [0.25, 0.3) is 0 Å². The summed E-state index contributed by atoms with van der Waals surface area (Å²) in [6.07, 6.45) is 1.97. The number of aliphatic hydroxyl groups is 1. The highest BCUT2D eigenvalue weighted by atomic mass is 35.5. The normalized spacial score (nSPS) is 13.7. The molecule has 1 rings (SSSR count). The predicted octanol–water partition coefficient (Wildman–Crippen LogP) is 0.643. The van der Waals surface area contributed by atoms with Crippen LogP contribution >= 0.6 is 11.6 Å². The van der Waals surface area contributed by atoms with E-state index < -0.39 is 17.1 Å². The monoisotopic (exact) mass is 303 g/mol. The van der Waals surface area contributed by atoms with E-state index in [2.05, 4.69) is 15.2 Å². The van der Waals surface area contributed by atoms with Crippen LogP contribution in [-0.2, 0) is 16.1 Å². The number of aromatic nitrogens is 2. The molecule has 0 bridgehead atoms. The van der Waals surface area contributed by atoms with Gasteiger partial charge in [0.15, 0.2) is 0 Å². The van der Waals surface area contributed by atoms with Gasteiger partial charge in [-0.25, -0.2) is 4.68 Å². The largest absolute Gasteiger partial charge is 0.468 e. The SMILES string of the molecule is CCC(C)(CO)Nc1cnn(CC(=O)OC)c(=O)c1Cl. The van der Waals surface area contributed by atoms with Crippen molar-refractivity contribution in [1.29, 1.82) is 0 Å². The van der Waals surface area contributed by atoms with Crippen LogP contribution in [-0.4, -0.2) is 40.1 Å². The molecule has 0 spiro atoms. The zero-order valence-corrected chi connectivity index (χ0v) is 12.4. The van der Waals surface area contributed by atoms with Crippen molar-refractivity contribution in [2.75, 3.05) is 19.0 Å². The molecular weight excluding hydrogens is 286 g/mol. The first-order chi connectivity index (χ1) is 9.36. The van der Waals surface area contributed by atoms with Crippen molar-refractivity contribution in [2.45, 2.75) is 32.4 Å². The second-order valence-corrected chi connectivity index (χ2v) is 4.99. The fraction of sp³-hybridized carbons (Fsp3) is 0.583. The summed E-state index contributed by atoms with van der Waals surface area (Å²) >= 11 is 5.98. The molecule has 0 saturated carbocycles. The zero-order chi connectivity index (χ0) is 15.3. The van der Waals surface area contributed by atoms with Gasteiger partial charge in [-0.05, 0) is 13.3 Å². The first-order valence-corrected chi connectivity index (χ1v) is 6.46. The van der Waals surface area contributed by atoms with Gasteiger partial charge in [-0.3, -0.25) is 9.59 Å². The van der Waals surface area contributed by atoms with Crippen LogP contribution in [0.15, 0.2) is 11.0 Å². The molecule has 20 heavy (non-hydrogen) atoms. The molecule has 1 unspecified atom stereocenters. The number of nitrogens with one attached hydrogen (secondary N) is 1. The summed E-state index contributed by atoms with van der Waals surface area (Å²) in [6.45, 7) is 3.26. The predicted molar refractivity (Wildman–Crippen MR) is 74.9 cm³/mol. The van der Waals surface area contributed by atoms with Crippen molar-refractivity contribution in [3.05, 3.63) is 21.6 Å². The molecule has 0 aliphatic heterocycles. The lowest BCUT2D eigenvalue weighted by Gasteiger charge is -2.28. The average molecular weight is 304 g/mol. The van der Waals surface area contributed by atoms with E-state index in [0.29, 0.717) is 12.1 Å². The molecule has 112 valence electrons. The number of esters is 1. The van der Waals surface area contributed by atoms with Crippen LogP contribution in [0.4, 0.5) is 5.69 Å². The number of anilines is 1. The van der Waals surface area contributed by atoms with Crippen molar-refractivity contribution >= 4 is 23.3 Å². The third kappa shape index (κ3) is 3.71. The number of ether oxygens (including phenoxy) is 1. The van der Waals surface area contributed by atoms with Crippen molar-refractivity contribution in [1.82, 2.24) is 9.78 Å². The Morgan fingerprint density at radius 2 is 2.30 bits per heavy atom. The number of nitrogens with zero attached hydrogens (tertiary/aromatic N) is 2. The Morgan fingerprint density at radius 1 is 1.65 bits per heavy atom. The van der Waals surface area contributed by atoms with E-state index >= 15 is 0 Å². The van der Waals surface area contributed by atoms with E-state index in [1.165, 1.54) is 13.3 Å². The maximum Gasteiger partial charge on any atom is 0.327 e. The van der Waals surface area contributed by atoms with Crippen LogP contribution in [0.1, 0.15) is 20.3 Å². The lowest BCUT2D eigenvalue weighted by Crippen LogP contribution is -2.39. The van der Waals surface area contributed by atoms with Crippen molar-refractivity contribution in [3.8, 4) is 0 Å². The van der Waals surface area contributed by atoms with Crippen molar-refractivity contribution < 1.29 is 14.6 Å². The molecule has 0 aromatic carbocycles. The molecule has 1 atom stereocenters. The molecule has 8 heteroatoms. The van der Waals surface area contributed by atoms with Gasteiger partial charge in [-0.2, -0.15) is 5.10 Å². The average Bonchev–Trinajstić information content (AvgIpc) is 2.46. The smallest absolute Gasteiger partial charge is 0.327 e. The van der Waals surface area contributed by atoms with Gasteiger partial charge in [0, 0.05) is 0 Å². The van der Waals surface area contributed by atoms with Gasteiger partial charge in [0.05, 0.1) is 31.1 Å². The Labute approximate surface area is 121 Å². The van der Waals surface area contributed by atoms with Gasteiger partial charge >= 0.3 is 5.97 Å². The highest BCUT2D eigenvalue weighted by molar-refractivity contribution is 6.32. The van der Waals surface area contributed by atoms with Gasteiger partial charge in [0.2, 0.25) is 0 Å². The van der Waals surface area contributed by atoms with Gasteiger partial charge in [0.1, 0.15) is 11.6 Å². The van der Waals surface area contributed by atoms with Gasteiger partial charge in [-0.1, -0.05) is 18.5 Å². The standard InChI is InChI=1S/C12H18ClN3O4/c1-4-12(2,7-17)15-8-5-14-16(6-9(18)20-3)11(19)10(8)13/h5,15,17H,4,6-7H2,1-3H3. The molecule has 1 aromatic rings. The number of aliphatic hydroxyl groups excluding tert-OH is 1. The number of hydrogen-bond acceptors (Lipinski definition) is 6. The Kier molecular flexibility index (Phi) is 5.52. The summed E-state index contributed by atoms with van der Waals surface area (Å²) in [5.41, 5.74) is -0.888. The van der Waals surface area contributed by atoms with Gasteiger partial charge in [0.25, 0.3) is 5.56 Å². The summed E-state index contributed by atoms with van der Waals surface area (Å²) in [7, 11) is 1.22. The van der Waals surface area contributed by atoms with Crippen LogP contribution in [0, 0.1) is 0 Å². The fourth-order valence-corrected chi connectivity index (χ4v) is 1.61. The summed E-state index contributed by atoms with van der Waals surface area (Å²) in [5.74, 6) is -0.592. The van der Waals surface area contributed by atoms with Crippen molar-refractivity contribution in [3.63, 3.8) is 0 Å². The minimum atomic E-state index is -0.605. The summed E-state index contributed by atoms with van der Waals surface area (Å²) < 4.78 is 5.38. The first kappa shape index (κ1) is 16.5. The van der Waals surface area contributed by atoms with E-state index in [1.54, 1.807) is 6.92 Å². The summed E-state index contributed by atoms with van der Waals surface area (Å²) in [5, 5.41) is 16.1. The minimum absolute atomic E-state index is 0.0861. The summed E-state index contributed by atoms with van der Waals surface area (Å²) in [6, 6.07) is 0. The van der Waals surface area contributed by atoms with E-state index in [0.717, 1.165) is 4.68 Å². The second-order valence-electron chi connectivity index (χ2n) is 4.61. The minimum Gasteiger partial charge on any atom is -0.468 e. The Morgan fingerprint density at radius 3 is 2.80 bits per heavy atom. The maximum absolute atomic E-state index is 12.0. The Hall–Kier alpha value is -1.60. The molecule has 0 aliphatic rings. The van der Waals surface area contributed by atoms with Gasteiger partial charge in [-0.15, -0.1) is 0 Å². The van der Waals surface area contributed by atoms with E-state index in [9.17, 15) is 14.7 Å². The third-order valence-electron chi connectivity index (χ3n) is 3.06. The quantitative estimate of drug-likeness (QED) is 0.749. The van der Waals surface area contributed by atoms with E-state index in [-0.39, 0.29) is 18.2 Å². The van der Waals surface area contributed by atoms with Crippen molar-refractivity contribution in [2.24, 2.45) is 0 Å². The number of carbonyl (C=O) groups excluding carboxylic acids is 1. The lowest BCUT2D eigenvalue weighted by molar-refractivity contribution is -0.141. The molecule has 1 heterocycles. The Balaban J connectivity index is 3.06. The molecule has 2 N–H and O–H groups in total. The molecule has 1 aromatic heterocycles. The maximum atomic E-state index is 12.0. The topological polar surface area (TPSA) is 93.5 Å². The lowest BCUT2D eigenvalue weighted by atomic mass is 10.00. The highest BCUT2D eigenvalue weighted by Gasteiger charge is 2.23.